The lowest BCUT2D eigenvalue weighted by Gasteiger charge is -2.32. The molecule has 0 bridgehead atoms. The molecule has 1 atom stereocenters. The molecule has 3 aromatic rings. The maximum absolute atomic E-state index is 12.6. The van der Waals surface area contributed by atoms with Crippen molar-refractivity contribution < 1.29 is 4.79 Å². The van der Waals surface area contributed by atoms with Crippen LogP contribution >= 0.6 is 0 Å². The molecule has 2 N–H and O–H groups in total. The van der Waals surface area contributed by atoms with E-state index in [0.717, 1.165) is 41.9 Å². The first-order valence-corrected chi connectivity index (χ1v) is 8.95. The van der Waals surface area contributed by atoms with Crippen LogP contribution in [0.2, 0.25) is 0 Å². The molecular weight excluding hydrogens is 330 g/mol. The number of amides is 1. The molecule has 7 heteroatoms. The van der Waals surface area contributed by atoms with Crippen molar-refractivity contribution >= 4 is 16.9 Å². The molecule has 134 valence electrons. The fourth-order valence-electron chi connectivity index (χ4n) is 3.59. The monoisotopic (exact) mass is 351 g/mol. The number of benzene rings is 1. The van der Waals surface area contributed by atoms with E-state index in [1.807, 2.05) is 35.2 Å². The van der Waals surface area contributed by atoms with E-state index in [9.17, 15) is 9.59 Å². The maximum Gasteiger partial charge on any atom is 0.345 e. The van der Waals surface area contributed by atoms with Gasteiger partial charge in [0, 0.05) is 43.7 Å². The summed E-state index contributed by atoms with van der Waals surface area (Å²) in [6.45, 7) is 1.41. The molecule has 0 unspecified atom stereocenters. The number of piperidine rings is 1. The van der Waals surface area contributed by atoms with Gasteiger partial charge in [-0.2, -0.15) is 0 Å². The Labute approximate surface area is 150 Å². The summed E-state index contributed by atoms with van der Waals surface area (Å²) in [5, 5.41) is 0. The second-order valence-corrected chi connectivity index (χ2v) is 6.71. The predicted molar refractivity (Wildman–Crippen MR) is 97.8 cm³/mol. The number of hydrogen-bond donors (Lipinski definition) is 2. The van der Waals surface area contributed by atoms with Gasteiger partial charge in [0.05, 0.1) is 11.0 Å². The number of rotatable bonds is 4. The Hall–Kier alpha value is -2.96. The van der Waals surface area contributed by atoms with Gasteiger partial charge in [0.15, 0.2) is 0 Å². The Bertz CT molecular complexity index is 944. The predicted octanol–water partition coefficient (Wildman–Crippen LogP) is 1.98. The van der Waals surface area contributed by atoms with Crippen LogP contribution in [0.25, 0.3) is 11.0 Å². The third kappa shape index (κ3) is 3.51. The van der Waals surface area contributed by atoms with Crippen LogP contribution in [-0.4, -0.2) is 43.8 Å². The number of aromatic amines is 2. The standard InChI is InChI=1S/C19H21N5O2/c25-18(8-7-17-21-15-5-1-2-6-16(15)22-17)24-11-3-4-13(12-24)14-9-10-20-19(26)23-14/h1-2,5-6,9-10,13H,3-4,7-8,11-12H2,(H,21,22)(H,20,23,26)/t13-/m0/s1. The van der Waals surface area contributed by atoms with E-state index in [2.05, 4.69) is 19.9 Å². The van der Waals surface area contributed by atoms with Crippen LogP contribution < -0.4 is 5.69 Å². The quantitative estimate of drug-likeness (QED) is 0.751. The number of aromatic nitrogens is 4. The highest BCUT2D eigenvalue weighted by molar-refractivity contribution is 5.77. The number of para-hydroxylation sites is 2. The highest BCUT2D eigenvalue weighted by Gasteiger charge is 2.25. The molecule has 1 aliphatic heterocycles. The third-order valence-electron chi connectivity index (χ3n) is 4.93. The van der Waals surface area contributed by atoms with Crippen molar-refractivity contribution in [3.05, 3.63) is 58.5 Å². The molecule has 1 amide bonds. The van der Waals surface area contributed by atoms with E-state index in [0.29, 0.717) is 19.4 Å². The van der Waals surface area contributed by atoms with Gasteiger partial charge in [-0.25, -0.2) is 14.8 Å². The van der Waals surface area contributed by atoms with E-state index < -0.39 is 0 Å². The molecular formula is C19H21N5O2. The van der Waals surface area contributed by atoms with Gasteiger partial charge in [0.2, 0.25) is 5.91 Å². The number of H-pyrrole nitrogens is 2. The van der Waals surface area contributed by atoms with Crippen LogP contribution in [0.3, 0.4) is 0 Å². The number of nitrogens with zero attached hydrogens (tertiary/aromatic N) is 3. The second-order valence-electron chi connectivity index (χ2n) is 6.71. The Morgan fingerprint density at radius 2 is 2.12 bits per heavy atom. The number of likely N-dealkylation sites (tertiary alicyclic amines) is 1. The van der Waals surface area contributed by atoms with Gasteiger partial charge in [-0.3, -0.25) is 4.79 Å². The van der Waals surface area contributed by atoms with Crippen LogP contribution in [0, 0.1) is 0 Å². The van der Waals surface area contributed by atoms with Crippen LogP contribution in [0.4, 0.5) is 0 Å². The minimum Gasteiger partial charge on any atom is -0.342 e. The summed E-state index contributed by atoms with van der Waals surface area (Å²) in [7, 11) is 0. The lowest BCUT2D eigenvalue weighted by molar-refractivity contribution is -0.132. The molecule has 26 heavy (non-hydrogen) atoms. The fourth-order valence-corrected chi connectivity index (χ4v) is 3.59. The number of fused-ring (bicyclic) bond motifs is 1. The average molecular weight is 351 g/mol. The lowest BCUT2D eigenvalue weighted by atomic mass is 9.94. The van der Waals surface area contributed by atoms with Crippen molar-refractivity contribution in [1.82, 2.24) is 24.8 Å². The molecule has 0 spiro atoms. The third-order valence-corrected chi connectivity index (χ3v) is 4.93. The molecule has 0 saturated carbocycles. The highest BCUT2D eigenvalue weighted by atomic mass is 16.2. The van der Waals surface area contributed by atoms with Crippen LogP contribution in [0.5, 0.6) is 0 Å². The van der Waals surface area contributed by atoms with E-state index in [1.54, 1.807) is 0 Å². The topological polar surface area (TPSA) is 94.7 Å². The minimum atomic E-state index is -0.337. The summed E-state index contributed by atoms with van der Waals surface area (Å²) in [5.74, 6) is 1.13. The number of hydrogen-bond acceptors (Lipinski definition) is 4. The van der Waals surface area contributed by atoms with Crippen LogP contribution in [0.15, 0.2) is 41.3 Å². The summed E-state index contributed by atoms with van der Waals surface area (Å²) in [4.78, 5) is 40.2. The summed E-state index contributed by atoms with van der Waals surface area (Å²) in [6, 6.07) is 9.69. The smallest absolute Gasteiger partial charge is 0.342 e. The van der Waals surface area contributed by atoms with Crippen molar-refractivity contribution in [3.63, 3.8) is 0 Å². The Morgan fingerprint density at radius 1 is 1.23 bits per heavy atom. The van der Waals surface area contributed by atoms with Crippen molar-refractivity contribution in [2.75, 3.05) is 13.1 Å². The second kappa shape index (κ2) is 7.11. The first-order chi connectivity index (χ1) is 12.7. The average Bonchev–Trinajstić information content (AvgIpc) is 3.09. The van der Waals surface area contributed by atoms with Crippen molar-refractivity contribution in [1.29, 1.82) is 0 Å². The maximum atomic E-state index is 12.6. The summed E-state index contributed by atoms with van der Waals surface area (Å²) >= 11 is 0. The largest absolute Gasteiger partial charge is 0.345 e. The zero-order valence-corrected chi connectivity index (χ0v) is 14.4. The molecule has 7 nitrogen and oxygen atoms in total. The Morgan fingerprint density at radius 3 is 2.96 bits per heavy atom. The molecule has 3 heterocycles. The molecule has 1 saturated heterocycles. The molecule has 4 rings (SSSR count). The minimum absolute atomic E-state index is 0.131. The van der Waals surface area contributed by atoms with Crippen molar-refractivity contribution in [3.8, 4) is 0 Å². The number of imidazole rings is 1. The first kappa shape index (κ1) is 16.5. The number of carbonyl (C=O) groups is 1. The van der Waals surface area contributed by atoms with Crippen LogP contribution in [-0.2, 0) is 11.2 Å². The van der Waals surface area contributed by atoms with E-state index in [4.69, 9.17) is 0 Å². The van der Waals surface area contributed by atoms with Crippen molar-refractivity contribution in [2.45, 2.75) is 31.6 Å². The molecule has 1 fully saturated rings. The highest BCUT2D eigenvalue weighted by Crippen LogP contribution is 2.25. The van der Waals surface area contributed by atoms with E-state index in [-0.39, 0.29) is 17.5 Å². The van der Waals surface area contributed by atoms with Gasteiger partial charge in [-0.15, -0.1) is 0 Å². The van der Waals surface area contributed by atoms with Gasteiger partial charge >= 0.3 is 5.69 Å². The summed E-state index contributed by atoms with van der Waals surface area (Å²) in [6.07, 6.45) is 4.45. The number of nitrogens with one attached hydrogen (secondary N) is 2. The molecule has 0 aliphatic carbocycles. The van der Waals surface area contributed by atoms with Crippen molar-refractivity contribution in [2.24, 2.45) is 0 Å². The number of carbonyl (C=O) groups excluding carboxylic acids is 1. The molecule has 1 aliphatic rings. The molecule has 2 aromatic heterocycles. The summed E-state index contributed by atoms with van der Waals surface area (Å²) < 4.78 is 0. The number of aryl methyl sites for hydroxylation is 1. The normalized spacial score (nSPS) is 17.5. The van der Waals surface area contributed by atoms with E-state index in [1.165, 1.54) is 6.20 Å². The SMILES string of the molecule is O=C(CCc1nc2ccccc2[nH]1)N1CCC[C@H](c2ccnc(=O)[nH]2)C1. The van der Waals surface area contributed by atoms with E-state index >= 15 is 0 Å². The van der Waals surface area contributed by atoms with Gasteiger partial charge in [0.25, 0.3) is 0 Å². The zero-order valence-electron chi connectivity index (χ0n) is 14.4. The zero-order chi connectivity index (χ0) is 17.9. The van der Waals surface area contributed by atoms with Gasteiger partial charge in [-0.05, 0) is 31.0 Å². The van der Waals surface area contributed by atoms with Crippen LogP contribution in [0.1, 0.15) is 36.7 Å². The Kier molecular flexibility index (Phi) is 4.51. The lowest BCUT2D eigenvalue weighted by Crippen LogP contribution is -2.39. The van der Waals surface area contributed by atoms with Gasteiger partial charge in [0.1, 0.15) is 5.82 Å². The Balaban J connectivity index is 1.38. The van der Waals surface area contributed by atoms with Gasteiger partial charge in [-0.1, -0.05) is 12.1 Å². The fraction of sp³-hybridized carbons (Fsp3) is 0.368. The van der Waals surface area contributed by atoms with Gasteiger partial charge < -0.3 is 14.9 Å². The summed E-state index contributed by atoms with van der Waals surface area (Å²) in [5.41, 5.74) is 2.44. The first-order valence-electron chi connectivity index (χ1n) is 8.95. The molecule has 0 radical (unpaired) electrons. The molecule has 1 aromatic carbocycles.